The molecular formula is C35H34F2N2OS. The Morgan fingerprint density at radius 2 is 1.24 bits per heavy atom. The van der Waals surface area contributed by atoms with Crippen LogP contribution in [0.5, 0.6) is 0 Å². The maximum absolute atomic E-state index is 13.5. The van der Waals surface area contributed by atoms with Gasteiger partial charge in [-0.15, -0.1) is 0 Å². The van der Waals surface area contributed by atoms with Gasteiger partial charge in [-0.3, -0.25) is 14.6 Å². The summed E-state index contributed by atoms with van der Waals surface area (Å²) in [7, 11) is 0. The van der Waals surface area contributed by atoms with Gasteiger partial charge < -0.3 is 0 Å². The molecule has 0 unspecified atom stereocenters. The quantitative estimate of drug-likeness (QED) is 0.206. The molecule has 6 rings (SSSR count). The molecule has 0 atom stereocenters. The zero-order chi connectivity index (χ0) is 28.2. The van der Waals surface area contributed by atoms with Crippen LogP contribution in [0.25, 0.3) is 0 Å². The highest BCUT2D eigenvalue weighted by atomic mass is 32.2. The van der Waals surface area contributed by atoms with Gasteiger partial charge in [-0.25, -0.2) is 8.78 Å². The number of Topliss-reactive ketones (excluding diaryl/α,β-unsaturated/α-hetero) is 1. The van der Waals surface area contributed by atoms with Crippen molar-refractivity contribution in [3.63, 3.8) is 0 Å². The number of nitrogens with zero attached hydrogens (tertiary/aromatic N) is 2. The topological polar surface area (TPSA) is 23.6 Å². The van der Waals surface area contributed by atoms with E-state index in [1.807, 2.05) is 11.8 Å². The summed E-state index contributed by atoms with van der Waals surface area (Å²) in [6.07, 6.45) is 1.97. The van der Waals surface area contributed by atoms with Crippen LogP contribution >= 0.6 is 11.8 Å². The Bertz CT molecular complexity index is 1390. The van der Waals surface area contributed by atoms with Crippen molar-refractivity contribution in [2.24, 2.45) is 0 Å². The van der Waals surface area contributed by atoms with E-state index in [9.17, 15) is 13.6 Å². The molecule has 2 aliphatic heterocycles. The van der Waals surface area contributed by atoms with Gasteiger partial charge in [0.05, 0.1) is 12.6 Å². The lowest BCUT2D eigenvalue weighted by molar-refractivity contribution is -0.120. The molecule has 1 fully saturated rings. The van der Waals surface area contributed by atoms with Crippen molar-refractivity contribution in [2.45, 2.75) is 41.0 Å². The Morgan fingerprint density at radius 3 is 1.78 bits per heavy atom. The standard InChI is InChI=1S/C35H34F2N2OS/c36-27-16-12-25(13-17-27)30(26-14-18-28(37)19-15-26)9-5-6-29(40)24-38-20-22-39(23-21-38)35-31-7-1-3-10-33(31)41-34-11-4-2-8-32(34)35/h1-4,7-8,10-19,30,35H,5-6,9,20-24H2. The van der Waals surface area contributed by atoms with Crippen molar-refractivity contribution >= 4 is 17.5 Å². The Labute approximate surface area is 245 Å². The third kappa shape index (κ3) is 6.45. The summed E-state index contributed by atoms with van der Waals surface area (Å²) in [5, 5.41) is 0. The highest BCUT2D eigenvalue weighted by molar-refractivity contribution is 7.99. The molecule has 0 saturated carbocycles. The van der Waals surface area contributed by atoms with Crippen molar-refractivity contribution in [1.82, 2.24) is 9.80 Å². The Balaban J connectivity index is 1.04. The van der Waals surface area contributed by atoms with Gasteiger partial charge >= 0.3 is 0 Å². The number of rotatable bonds is 9. The highest BCUT2D eigenvalue weighted by Gasteiger charge is 2.32. The van der Waals surface area contributed by atoms with Gasteiger partial charge in [-0.2, -0.15) is 0 Å². The summed E-state index contributed by atoms with van der Waals surface area (Å²) in [6.45, 7) is 4.05. The van der Waals surface area contributed by atoms with Gasteiger partial charge in [0.25, 0.3) is 0 Å². The SMILES string of the molecule is O=C(CCCC(c1ccc(F)cc1)c1ccc(F)cc1)CN1CCN(C2c3ccccc3Sc3ccccc32)CC1. The van der Waals surface area contributed by atoms with Gasteiger partial charge in [0, 0.05) is 48.3 Å². The molecule has 4 aromatic rings. The number of carbonyl (C=O) groups is 1. The van der Waals surface area contributed by atoms with Crippen molar-refractivity contribution in [3.8, 4) is 0 Å². The first kappa shape index (κ1) is 27.8. The van der Waals surface area contributed by atoms with Crippen LogP contribution in [-0.2, 0) is 4.79 Å². The number of hydrogen-bond acceptors (Lipinski definition) is 4. The largest absolute Gasteiger partial charge is 0.298 e. The molecule has 4 aromatic carbocycles. The number of carbonyl (C=O) groups excluding carboxylic acids is 1. The van der Waals surface area contributed by atoms with Crippen LogP contribution in [0.1, 0.15) is 53.5 Å². The van der Waals surface area contributed by atoms with E-state index in [1.165, 1.54) is 45.2 Å². The van der Waals surface area contributed by atoms with E-state index in [4.69, 9.17) is 0 Å². The molecule has 6 heteroatoms. The van der Waals surface area contributed by atoms with Crippen molar-refractivity contribution in [1.29, 1.82) is 0 Å². The molecule has 0 bridgehead atoms. The van der Waals surface area contributed by atoms with E-state index in [-0.39, 0.29) is 29.4 Å². The zero-order valence-corrected chi connectivity index (χ0v) is 23.8. The summed E-state index contributed by atoms with van der Waals surface area (Å²) < 4.78 is 27.1. The van der Waals surface area contributed by atoms with E-state index < -0.39 is 0 Å². The minimum Gasteiger partial charge on any atom is -0.298 e. The summed E-state index contributed by atoms with van der Waals surface area (Å²) in [5.41, 5.74) is 4.70. The highest BCUT2D eigenvalue weighted by Crippen LogP contribution is 2.47. The van der Waals surface area contributed by atoms with E-state index in [0.717, 1.165) is 50.1 Å². The molecule has 0 aromatic heterocycles. The van der Waals surface area contributed by atoms with E-state index in [2.05, 4.69) is 58.3 Å². The van der Waals surface area contributed by atoms with Crippen LogP contribution in [0.2, 0.25) is 0 Å². The minimum atomic E-state index is -0.280. The van der Waals surface area contributed by atoms with Crippen LogP contribution < -0.4 is 0 Å². The number of benzene rings is 4. The second-order valence-corrected chi connectivity index (χ2v) is 12.1. The van der Waals surface area contributed by atoms with Gasteiger partial charge in [0.1, 0.15) is 17.4 Å². The minimum absolute atomic E-state index is 0.00745. The molecule has 210 valence electrons. The monoisotopic (exact) mass is 568 g/mol. The first-order valence-electron chi connectivity index (χ1n) is 14.4. The zero-order valence-electron chi connectivity index (χ0n) is 23.0. The van der Waals surface area contributed by atoms with Crippen LogP contribution in [0, 0.1) is 11.6 Å². The third-order valence-electron chi connectivity index (χ3n) is 8.31. The summed E-state index contributed by atoms with van der Waals surface area (Å²) in [5.74, 6) is -0.317. The van der Waals surface area contributed by atoms with Crippen LogP contribution in [-0.4, -0.2) is 48.3 Å². The molecule has 41 heavy (non-hydrogen) atoms. The van der Waals surface area contributed by atoms with Gasteiger partial charge in [-0.05, 0) is 71.5 Å². The fourth-order valence-corrected chi connectivity index (χ4v) is 7.33. The average Bonchev–Trinajstić information content (AvgIpc) is 3.00. The Morgan fingerprint density at radius 1 is 0.732 bits per heavy atom. The lowest BCUT2D eigenvalue weighted by Gasteiger charge is -2.42. The fraction of sp³-hybridized carbons (Fsp3) is 0.286. The number of fused-ring (bicyclic) bond motifs is 2. The van der Waals surface area contributed by atoms with E-state index in [1.54, 1.807) is 24.3 Å². The first-order valence-corrected chi connectivity index (χ1v) is 15.2. The van der Waals surface area contributed by atoms with E-state index in [0.29, 0.717) is 13.0 Å². The van der Waals surface area contributed by atoms with Crippen LogP contribution in [0.3, 0.4) is 0 Å². The smallest absolute Gasteiger partial charge is 0.146 e. The summed E-state index contributed by atoms with van der Waals surface area (Å²) >= 11 is 1.85. The molecule has 0 radical (unpaired) electrons. The maximum Gasteiger partial charge on any atom is 0.146 e. The van der Waals surface area contributed by atoms with E-state index >= 15 is 0 Å². The predicted octanol–water partition coefficient (Wildman–Crippen LogP) is 7.71. The first-order chi connectivity index (χ1) is 20.0. The lowest BCUT2D eigenvalue weighted by atomic mass is 9.86. The number of piperazine rings is 1. The molecule has 2 heterocycles. The van der Waals surface area contributed by atoms with Gasteiger partial charge in [-0.1, -0.05) is 72.4 Å². The average molecular weight is 569 g/mol. The van der Waals surface area contributed by atoms with Crippen molar-refractivity contribution in [2.75, 3.05) is 32.7 Å². The van der Waals surface area contributed by atoms with Crippen LogP contribution in [0.4, 0.5) is 8.78 Å². The number of hydrogen-bond donors (Lipinski definition) is 0. The van der Waals surface area contributed by atoms with Gasteiger partial charge in [0.15, 0.2) is 0 Å². The maximum atomic E-state index is 13.5. The molecular weight excluding hydrogens is 534 g/mol. The molecule has 2 aliphatic rings. The molecule has 0 N–H and O–H groups in total. The van der Waals surface area contributed by atoms with Crippen LogP contribution in [0.15, 0.2) is 107 Å². The second kappa shape index (κ2) is 12.7. The molecule has 0 amide bonds. The molecule has 1 saturated heterocycles. The Kier molecular flexibility index (Phi) is 8.61. The lowest BCUT2D eigenvalue weighted by Crippen LogP contribution is -2.49. The third-order valence-corrected chi connectivity index (χ3v) is 9.50. The normalized spacial score (nSPS) is 16.0. The predicted molar refractivity (Wildman–Crippen MR) is 160 cm³/mol. The Hall–Kier alpha value is -3.32. The summed E-state index contributed by atoms with van der Waals surface area (Å²) in [6, 6.07) is 30.6. The number of halogens is 2. The second-order valence-electron chi connectivity index (χ2n) is 11.0. The molecule has 3 nitrogen and oxygen atoms in total. The fourth-order valence-electron chi connectivity index (χ4n) is 6.21. The molecule has 0 aliphatic carbocycles. The van der Waals surface area contributed by atoms with Gasteiger partial charge in [0.2, 0.25) is 0 Å². The molecule has 0 spiro atoms. The number of ketones is 1. The summed E-state index contributed by atoms with van der Waals surface area (Å²) in [4.78, 5) is 20.5. The van der Waals surface area contributed by atoms with Crippen molar-refractivity contribution in [3.05, 3.63) is 131 Å². The van der Waals surface area contributed by atoms with Crippen molar-refractivity contribution < 1.29 is 13.6 Å².